The smallest absolute Gasteiger partial charge is 0.408 e. The fraction of sp³-hybridized carbons (Fsp3) is 0.500. The van der Waals surface area contributed by atoms with Crippen LogP contribution < -0.4 is 21.7 Å². The number of primary amides is 1. The lowest BCUT2D eigenvalue weighted by Crippen LogP contribution is -2.60. The third-order valence-electron chi connectivity index (χ3n) is 8.38. The molecule has 4 rings (SSSR count). The third-order valence-corrected chi connectivity index (χ3v) is 8.38. The number of rotatable bonds is 12. The molecule has 0 aromatic heterocycles. The van der Waals surface area contributed by atoms with Gasteiger partial charge in [-0.05, 0) is 63.5 Å². The summed E-state index contributed by atoms with van der Waals surface area (Å²) in [5.41, 5.74) is 6.32. The van der Waals surface area contributed by atoms with E-state index in [1.807, 2.05) is 32.9 Å². The average molecular weight is 636 g/mol. The molecule has 0 radical (unpaired) electrons. The van der Waals surface area contributed by atoms with E-state index in [1.54, 1.807) is 48.5 Å². The number of likely N-dealkylation sites (tertiary alicyclic amines) is 1. The Morgan fingerprint density at radius 2 is 1.59 bits per heavy atom. The maximum Gasteiger partial charge on any atom is 0.408 e. The van der Waals surface area contributed by atoms with E-state index in [-0.39, 0.29) is 30.9 Å². The van der Waals surface area contributed by atoms with Crippen molar-refractivity contribution in [1.82, 2.24) is 20.9 Å². The van der Waals surface area contributed by atoms with Crippen LogP contribution in [0.4, 0.5) is 4.79 Å². The highest BCUT2D eigenvalue weighted by Crippen LogP contribution is 2.42. The van der Waals surface area contributed by atoms with Crippen LogP contribution >= 0.6 is 0 Å². The van der Waals surface area contributed by atoms with Crippen LogP contribution in [-0.4, -0.2) is 75.5 Å². The van der Waals surface area contributed by atoms with Gasteiger partial charge in [-0.15, -0.1) is 0 Å². The molecule has 0 bridgehead atoms. The average Bonchev–Trinajstić information content (AvgIpc) is 3.60. The van der Waals surface area contributed by atoms with Gasteiger partial charge >= 0.3 is 6.09 Å². The number of aliphatic hydroxyl groups is 1. The van der Waals surface area contributed by atoms with E-state index in [1.165, 1.54) is 4.90 Å². The van der Waals surface area contributed by atoms with Crippen LogP contribution in [-0.2, 0) is 36.9 Å². The van der Waals surface area contributed by atoms with Gasteiger partial charge in [0, 0.05) is 11.6 Å². The second kappa shape index (κ2) is 15.2. The quantitative estimate of drug-likeness (QED) is 0.236. The first-order chi connectivity index (χ1) is 21.8. The molecule has 0 unspecified atom stereocenters. The number of fused-ring (bicyclic) bond motifs is 1. The first-order valence-corrected chi connectivity index (χ1v) is 15.7. The van der Waals surface area contributed by atoms with E-state index in [4.69, 9.17) is 10.5 Å². The molecule has 2 aromatic rings. The summed E-state index contributed by atoms with van der Waals surface area (Å²) in [6, 6.07) is 14.3. The molecule has 2 aromatic carbocycles. The number of ether oxygens (including phenoxy) is 1. The van der Waals surface area contributed by atoms with E-state index >= 15 is 0 Å². The molecule has 1 heterocycles. The molecule has 2 fully saturated rings. The van der Waals surface area contributed by atoms with Gasteiger partial charge in [0.2, 0.25) is 17.7 Å². The van der Waals surface area contributed by atoms with Crippen molar-refractivity contribution in [1.29, 1.82) is 0 Å². The maximum atomic E-state index is 14.1. The van der Waals surface area contributed by atoms with Gasteiger partial charge in [0.15, 0.2) is 6.10 Å². The number of benzene rings is 2. The van der Waals surface area contributed by atoms with Gasteiger partial charge < -0.3 is 36.4 Å². The number of carbonyl (C=O) groups is 5. The van der Waals surface area contributed by atoms with Gasteiger partial charge in [-0.25, -0.2) is 4.79 Å². The summed E-state index contributed by atoms with van der Waals surface area (Å²) < 4.78 is 5.22. The van der Waals surface area contributed by atoms with Crippen LogP contribution in [0.3, 0.4) is 0 Å². The van der Waals surface area contributed by atoms with Crippen LogP contribution in [0.5, 0.6) is 0 Å². The van der Waals surface area contributed by atoms with E-state index in [0.29, 0.717) is 12.8 Å². The summed E-state index contributed by atoms with van der Waals surface area (Å²) in [5.74, 6) is -2.49. The summed E-state index contributed by atoms with van der Waals surface area (Å²) in [6.07, 6.45) is -0.153. The van der Waals surface area contributed by atoms with E-state index in [9.17, 15) is 29.1 Å². The van der Waals surface area contributed by atoms with Gasteiger partial charge in [-0.2, -0.15) is 0 Å². The highest BCUT2D eigenvalue weighted by atomic mass is 16.5. The minimum Gasteiger partial charge on any atom is -0.445 e. The molecule has 12 nitrogen and oxygen atoms in total. The van der Waals surface area contributed by atoms with Gasteiger partial charge in [0.05, 0.1) is 12.5 Å². The van der Waals surface area contributed by atoms with Crippen molar-refractivity contribution in [2.75, 3.05) is 0 Å². The number of nitrogens with one attached hydrogen (secondary N) is 3. The topological polar surface area (TPSA) is 180 Å². The molecule has 1 saturated carbocycles. The van der Waals surface area contributed by atoms with Crippen molar-refractivity contribution < 1.29 is 33.8 Å². The molecule has 2 aliphatic rings. The first-order valence-electron chi connectivity index (χ1n) is 15.7. The van der Waals surface area contributed by atoms with Crippen molar-refractivity contribution >= 4 is 29.7 Å². The van der Waals surface area contributed by atoms with Crippen LogP contribution in [0.25, 0.3) is 0 Å². The molecule has 6 N–H and O–H groups in total. The third kappa shape index (κ3) is 9.29. The number of amides is 5. The number of nitrogens with zero attached hydrogens (tertiary/aromatic N) is 1. The number of hydrogen-bond donors (Lipinski definition) is 5. The van der Waals surface area contributed by atoms with Crippen molar-refractivity contribution in [2.45, 2.75) is 102 Å². The summed E-state index contributed by atoms with van der Waals surface area (Å²) in [6.45, 7) is 5.52. The highest BCUT2D eigenvalue weighted by Gasteiger charge is 2.51. The van der Waals surface area contributed by atoms with Crippen LogP contribution in [0.2, 0.25) is 0 Å². The number of hydrogen-bond acceptors (Lipinski definition) is 7. The molecule has 0 spiro atoms. The molecule has 1 aliphatic carbocycles. The SMILES string of the molecule is CC(C)(C)NC(=O)[C@@H]1C[C@@H]2CCC[C@@H]2N1C(=O)[C@@H](O)[C@H](Cc1ccccc1)NC(=O)[C@H](CC(N)=O)NC(=O)OCc1ccccc1. The predicted octanol–water partition coefficient (Wildman–Crippen LogP) is 1.93. The Kier molecular flexibility index (Phi) is 11.4. The number of carbonyl (C=O) groups excluding carboxylic acids is 5. The van der Waals surface area contributed by atoms with Crippen LogP contribution in [0.15, 0.2) is 60.7 Å². The lowest BCUT2D eigenvalue weighted by Gasteiger charge is -2.35. The Morgan fingerprint density at radius 1 is 0.957 bits per heavy atom. The molecular formula is C34H45N5O7. The highest BCUT2D eigenvalue weighted by molar-refractivity contribution is 5.93. The van der Waals surface area contributed by atoms with Crippen LogP contribution in [0, 0.1) is 5.92 Å². The normalized spacial score (nSPS) is 21.0. The molecule has 248 valence electrons. The van der Waals surface area contributed by atoms with Gasteiger partial charge in [-0.3, -0.25) is 19.2 Å². The zero-order chi connectivity index (χ0) is 33.4. The summed E-state index contributed by atoms with van der Waals surface area (Å²) in [4.78, 5) is 67.0. The maximum absolute atomic E-state index is 14.1. The van der Waals surface area contributed by atoms with E-state index < -0.39 is 60.0 Å². The summed E-state index contributed by atoms with van der Waals surface area (Å²) in [7, 11) is 0. The Hall–Kier alpha value is -4.45. The van der Waals surface area contributed by atoms with Crippen molar-refractivity contribution in [3.63, 3.8) is 0 Å². The number of aliphatic hydroxyl groups excluding tert-OH is 1. The Balaban J connectivity index is 1.54. The van der Waals surface area contributed by atoms with E-state index in [0.717, 1.165) is 24.0 Å². The largest absolute Gasteiger partial charge is 0.445 e. The first kappa shape index (κ1) is 34.4. The van der Waals surface area contributed by atoms with Crippen molar-refractivity contribution in [3.05, 3.63) is 71.8 Å². The Bertz CT molecular complexity index is 1380. The second-order valence-corrected chi connectivity index (χ2v) is 13.2. The molecule has 46 heavy (non-hydrogen) atoms. The minimum atomic E-state index is -1.73. The lowest BCUT2D eigenvalue weighted by molar-refractivity contribution is -0.149. The standard InChI is InChI=1S/C34H45N5O7/c1-34(2,3)38-31(43)27-18-23-15-10-16-26(23)39(27)32(44)29(41)24(17-21-11-6-4-7-12-21)36-30(42)25(19-28(35)40)37-33(45)46-20-22-13-8-5-9-14-22/h4-9,11-14,23-27,29,41H,10,15-20H2,1-3H3,(H2,35,40)(H,36,42)(H,37,45)(H,38,43)/t23-,24-,25-,26-,27-,29-/m0/s1. The van der Waals surface area contributed by atoms with Crippen LogP contribution in [0.1, 0.15) is 64.0 Å². The molecule has 6 atom stereocenters. The zero-order valence-electron chi connectivity index (χ0n) is 26.6. The van der Waals surface area contributed by atoms with E-state index in [2.05, 4.69) is 16.0 Å². The minimum absolute atomic E-state index is 0.0576. The van der Waals surface area contributed by atoms with Gasteiger partial charge in [0.25, 0.3) is 5.91 Å². The summed E-state index contributed by atoms with van der Waals surface area (Å²) in [5, 5.41) is 19.6. The number of alkyl carbamates (subject to hydrolysis) is 1. The fourth-order valence-electron chi connectivity index (χ4n) is 6.33. The molecule has 1 saturated heterocycles. The zero-order valence-corrected chi connectivity index (χ0v) is 26.6. The second-order valence-electron chi connectivity index (χ2n) is 13.2. The Labute approximate surface area is 269 Å². The number of nitrogens with two attached hydrogens (primary N) is 1. The van der Waals surface area contributed by atoms with Crippen molar-refractivity contribution in [2.24, 2.45) is 11.7 Å². The molecule has 1 aliphatic heterocycles. The Morgan fingerprint density at radius 3 is 2.20 bits per heavy atom. The fourth-order valence-corrected chi connectivity index (χ4v) is 6.33. The van der Waals surface area contributed by atoms with Gasteiger partial charge in [0.1, 0.15) is 18.7 Å². The molecular weight excluding hydrogens is 590 g/mol. The molecule has 5 amide bonds. The summed E-state index contributed by atoms with van der Waals surface area (Å²) >= 11 is 0. The predicted molar refractivity (Wildman–Crippen MR) is 170 cm³/mol. The lowest BCUT2D eigenvalue weighted by atomic mass is 9.98. The van der Waals surface area contributed by atoms with Crippen molar-refractivity contribution in [3.8, 4) is 0 Å². The monoisotopic (exact) mass is 635 g/mol. The molecule has 12 heteroatoms. The van der Waals surface area contributed by atoms with Gasteiger partial charge in [-0.1, -0.05) is 67.1 Å².